The first-order valence-electron chi connectivity index (χ1n) is 4.99. The molecule has 0 unspecified atom stereocenters. The second-order valence-electron chi connectivity index (χ2n) is 3.72. The van der Waals surface area contributed by atoms with Crippen molar-refractivity contribution in [3.63, 3.8) is 0 Å². The fourth-order valence-electron chi connectivity index (χ4n) is 1.06. The predicted octanol–water partition coefficient (Wildman–Crippen LogP) is 3.76. The molecule has 0 bridgehead atoms. The van der Waals surface area contributed by atoms with Crippen LogP contribution in [-0.4, -0.2) is 29.5 Å². The molecule has 0 aromatic heterocycles. The fraction of sp³-hybridized carbons (Fsp3) is 0.300. The van der Waals surface area contributed by atoms with Crippen molar-refractivity contribution in [1.82, 2.24) is 5.43 Å². The number of hydrogen-bond donors (Lipinski definition) is 2. The lowest BCUT2D eigenvalue weighted by Gasteiger charge is -2.27. The van der Waals surface area contributed by atoms with E-state index < -0.39 is 23.9 Å². The van der Waals surface area contributed by atoms with E-state index in [0.29, 0.717) is 11.6 Å². The average Bonchev–Trinajstić information content (AvgIpc) is 2.31. The zero-order chi connectivity index (χ0) is 16.5. The number of alkyl halides is 7. The standard InChI is InChI=1S/C10H6ClF7N2O/c11-6-1-2-7(21)5(3-6)4-19-20-10(17,18)8(12,13)9(14,15)16/h1-4,20-21H/b19-4+. The molecule has 0 aliphatic rings. The Hall–Kier alpha value is -1.71. The summed E-state index contributed by atoms with van der Waals surface area (Å²) in [6.07, 6.45) is -6.04. The van der Waals surface area contributed by atoms with Crippen LogP contribution in [0.15, 0.2) is 23.3 Å². The number of nitrogens with one attached hydrogen (secondary N) is 1. The van der Waals surface area contributed by atoms with Crippen LogP contribution in [0, 0.1) is 0 Å². The van der Waals surface area contributed by atoms with Crippen LogP contribution in [0.1, 0.15) is 5.56 Å². The maximum absolute atomic E-state index is 12.8. The summed E-state index contributed by atoms with van der Waals surface area (Å²) in [7, 11) is 0. The van der Waals surface area contributed by atoms with Crippen LogP contribution in [0.4, 0.5) is 30.7 Å². The highest BCUT2D eigenvalue weighted by molar-refractivity contribution is 6.30. The van der Waals surface area contributed by atoms with E-state index in [1.165, 1.54) is 6.07 Å². The van der Waals surface area contributed by atoms with Gasteiger partial charge in [0.1, 0.15) is 5.75 Å². The van der Waals surface area contributed by atoms with E-state index in [4.69, 9.17) is 11.6 Å². The molecular weight excluding hydrogens is 333 g/mol. The van der Waals surface area contributed by atoms with Crippen LogP contribution < -0.4 is 5.43 Å². The first kappa shape index (κ1) is 17.3. The summed E-state index contributed by atoms with van der Waals surface area (Å²) in [6.45, 7) is 0. The van der Waals surface area contributed by atoms with Crippen molar-refractivity contribution in [2.24, 2.45) is 5.10 Å². The summed E-state index contributed by atoms with van der Waals surface area (Å²) in [5.41, 5.74) is 0.150. The maximum Gasteiger partial charge on any atom is 0.462 e. The van der Waals surface area contributed by atoms with Crippen molar-refractivity contribution < 1.29 is 35.8 Å². The molecule has 0 atom stereocenters. The van der Waals surface area contributed by atoms with Gasteiger partial charge < -0.3 is 5.11 Å². The van der Waals surface area contributed by atoms with E-state index in [1.807, 2.05) is 0 Å². The molecule has 11 heteroatoms. The number of halogens is 8. The Kier molecular flexibility index (Phi) is 4.61. The molecule has 0 radical (unpaired) electrons. The summed E-state index contributed by atoms with van der Waals surface area (Å²) in [4.78, 5) is 0. The van der Waals surface area contributed by atoms with Gasteiger partial charge in [0, 0.05) is 10.6 Å². The van der Waals surface area contributed by atoms with Gasteiger partial charge in [-0.3, -0.25) is 0 Å². The quantitative estimate of drug-likeness (QED) is 0.380. The minimum atomic E-state index is -6.46. The lowest BCUT2D eigenvalue weighted by atomic mass is 10.2. The van der Waals surface area contributed by atoms with Gasteiger partial charge in [0.25, 0.3) is 0 Å². The Labute approximate surface area is 118 Å². The molecule has 1 aromatic rings. The second-order valence-corrected chi connectivity index (χ2v) is 4.16. The van der Waals surface area contributed by atoms with Crippen LogP contribution in [0.25, 0.3) is 0 Å². The molecule has 0 saturated heterocycles. The highest BCUT2D eigenvalue weighted by Gasteiger charge is 2.73. The van der Waals surface area contributed by atoms with Gasteiger partial charge in [0.2, 0.25) is 0 Å². The van der Waals surface area contributed by atoms with Crippen LogP contribution in [0.2, 0.25) is 5.02 Å². The molecule has 0 fully saturated rings. The van der Waals surface area contributed by atoms with Gasteiger partial charge in [-0.2, -0.15) is 35.8 Å². The van der Waals surface area contributed by atoms with Gasteiger partial charge in [-0.1, -0.05) is 11.6 Å². The molecule has 0 saturated carbocycles. The van der Waals surface area contributed by atoms with E-state index in [1.54, 1.807) is 0 Å². The van der Waals surface area contributed by atoms with Crippen molar-refractivity contribution in [2.45, 2.75) is 18.1 Å². The monoisotopic (exact) mass is 338 g/mol. The van der Waals surface area contributed by atoms with Gasteiger partial charge >= 0.3 is 18.1 Å². The molecule has 3 nitrogen and oxygen atoms in total. The zero-order valence-corrected chi connectivity index (χ0v) is 10.5. The van der Waals surface area contributed by atoms with Crippen molar-refractivity contribution in [1.29, 1.82) is 0 Å². The van der Waals surface area contributed by atoms with Gasteiger partial charge in [-0.15, -0.1) is 0 Å². The summed E-state index contributed by atoms with van der Waals surface area (Å²) in [5, 5.41) is 11.9. The third kappa shape index (κ3) is 3.69. The Morgan fingerprint density at radius 2 is 1.67 bits per heavy atom. The predicted molar refractivity (Wildman–Crippen MR) is 59.8 cm³/mol. The normalized spacial score (nSPS) is 13.7. The van der Waals surface area contributed by atoms with Crippen molar-refractivity contribution >= 4 is 17.8 Å². The number of benzene rings is 1. The van der Waals surface area contributed by atoms with E-state index in [9.17, 15) is 35.8 Å². The molecule has 2 N–H and O–H groups in total. The third-order valence-corrected chi connectivity index (χ3v) is 2.38. The summed E-state index contributed by atoms with van der Waals surface area (Å²) in [5.74, 6) is -6.82. The molecule has 1 aromatic carbocycles. The number of phenolic OH excluding ortho intramolecular Hbond substituents is 1. The highest BCUT2D eigenvalue weighted by atomic mass is 35.5. The molecule has 0 spiro atoms. The summed E-state index contributed by atoms with van der Waals surface area (Å²) >= 11 is 5.51. The molecule has 0 amide bonds. The molecule has 0 heterocycles. The fourth-order valence-corrected chi connectivity index (χ4v) is 1.24. The van der Waals surface area contributed by atoms with Crippen molar-refractivity contribution in [2.75, 3.05) is 0 Å². The minimum Gasteiger partial charge on any atom is -0.507 e. The van der Waals surface area contributed by atoms with Gasteiger partial charge in [-0.05, 0) is 18.2 Å². The SMILES string of the molecule is Oc1ccc(Cl)cc1/C=N/NC(F)(F)C(F)(F)C(F)(F)F. The lowest BCUT2D eigenvalue weighted by molar-refractivity contribution is -0.361. The number of hydrazone groups is 1. The molecule has 0 aliphatic carbocycles. The smallest absolute Gasteiger partial charge is 0.462 e. The zero-order valence-electron chi connectivity index (χ0n) is 9.73. The number of aromatic hydroxyl groups is 1. The molecule has 1 rings (SSSR count). The Balaban J connectivity index is 2.91. The van der Waals surface area contributed by atoms with Gasteiger partial charge in [-0.25, -0.2) is 5.43 Å². The summed E-state index contributed by atoms with van der Waals surface area (Å²) in [6, 6.07) is -2.36. The van der Waals surface area contributed by atoms with Crippen LogP contribution in [0.5, 0.6) is 5.75 Å². The molecule has 21 heavy (non-hydrogen) atoms. The minimum absolute atomic E-state index is 0.0571. The van der Waals surface area contributed by atoms with Crippen molar-refractivity contribution in [3.05, 3.63) is 28.8 Å². The second kappa shape index (κ2) is 5.58. The Morgan fingerprint density at radius 3 is 2.19 bits per heavy atom. The van der Waals surface area contributed by atoms with E-state index in [-0.39, 0.29) is 10.6 Å². The van der Waals surface area contributed by atoms with Gasteiger partial charge in [0.05, 0.1) is 6.21 Å². The Morgan fingerprint density at radius 1 is 1.10 bits per heavy atom. The topological polar surface area (TPSA) is 44.6 Å². The summed E-state index contributed by atoms with van der Waals surface area (Å²) < 4.78 is 86.0. The molecule has 118 valence electrons. The third-order valence-electron chi connectivity index (χ3n) is 2.15. The Bertz CT molecular complexity index is 545. The van der Waals surface area contributed by atoms with E-state index in [2.05, 4.69) is 5.10 Å². The first-order chi connectivity index (χ1) is 9.38. The lowest BCUT2D eigenvalue weighted by Crippen LogP contribution is -2.58. The molecule has 0 aliphatic heterocycles. The van der Waals surface area contributed by atoms with Gasteiger partial charge in [0.15, 0.2) is 0 Å². The van der Waals surface area contributed by atoms with Crippen LogP contribution >= 0.6 is 11.6 Å². The van der Waals surface area contributed by atoms with Crippen LogP contribution in [0.3, 0.4) is 0 Å². The first-order valence-corrected chi connectivity index (χ1v) is 5.37. The van der Waals surface area contributed by atoms with E-state index >= 15 is 0 Å². The van der Waals surface area contributed by atoms with E-state index in [0.717, 1.165) is 12.1 Å². The van der Waals surface area contributed by atoms with Crippen molar-refractivity contribution in [3.8, 4) is 5.75 Å². The average molecular weight is 339 g/mol. The number of hydrogen-bond acceptors (Lipinski definition) is 3. The van der Waals surface area contributed by atoms with Crippen LogP contribution in [-0.2, 0) is 0 Å². The number of phenols is 1. The highest BCUT2D eigenvalue weighted by Crippen LogP contribution is 2.44. The number of nitrogens with zero attached hydrogens (tertiary/aromatic N) is 1. The largest absolute Gasteiger partial charge is 0.507 e. The maximum atomic E-state index is 12.8. The number of rotatable bonds is 4. The molecular formula is C10H6ClF7N2O.